The third-order valence-corrected chi connectivity index (χ3v) is 15.5. The van der Waals surface area contributed by atoms with Crippen LogP contribution in [0.5, 0.6) is 0 Å². The smallest absolute Gasteiger partial charge is 0.192 e. The Balaban J connectivity index is 2.69. The predicted octanol–water partition coefficient (Wildman–Crippen LogP) is 7.01. The number of benzene rings is 1. The van der Waals surface area contributed by atoms with E-state index >= 15 is 0 Å². The molecule has 1 aromatic carbocycles. The van der Waals surface area contributed by atoms with E-state index in [0.717, 1.165) is 13.0 Å². The van der Waals surface area contributed by atoms with Crippen LogP contribution in [-0.2, 0) is 20.2 Å². The van der Waals surface area contributed by atoms with Gasteiger partial charge >= 0.3 is 0 Å². The van der Waals surface area contributed by atoms with Gasteiger partial charge in [0.25, 0.3) is 0 Å². The van der Waals surface area contributed by atoms with Crippen molar-refractivity contribution in [2.75, 3.05) is 13.2 Å². The van der Waals surface area contributed by atoms with Crippen molar-refractivity contribution < 1.29 is 13.6 Å². The Morgan fingerprint density at radius 3 is 1.79 bits per heavy atom. The summed E-state index contributed by atoms with van der Waals surface area (Å²) in [4.78, 5) is 0. The molecule has 0 aliphatic rings. The molecule has 0 N–H and O–H groups in total. The van der Waals surface area contributed by atoms with Crippen molar-refractivity contribution in [3.05, 3.63) is 35.9 Å². The van der Waals surface area contributed by atoms with Crippen molar-refractivity contribution in [2.24, 2.45) is 0 Å². The Bertz CT molecular complexity index is 572. The summed E-state index contributed by atoms with van der Waals surface area (Å²) in [6.07, 6.45) is 0.924. The molecule has 1 aromatic rings. The minimum Gasteiger partial charge on any atom is -0.417 e. The molecule has 0 aromatic heterocycles. The van der Waals surface area contributed by atoms with E-state index in [1.807, 2.05) is 6.07 Å². The number of rotatable bonds is 10. The zero-order valence-corrected chi connectivity index (χ0v) is 22.0. The van der Waals surface area contributed by atoms with Crippen LogP contribution in [0, 0.1) is 0 Å². The molecule has 0 saturated heterocycles. The molecule has 0 heterocycles. The highest BCUT2D eigenvalue weighted by atomic mass is 28.4. The highest BCUT2D eigenvalue weighted by Crippen LogP contribution is 2.38. The van der Waals surface area contributed by atoms with E-state index in [1.54, 1.807) is 0 Å². The summed E-state index contributed by atoms with van der Waals surface area (Å²) in [5.41, 5.74) is 1.20. The maximum atomic E-state index is 6.46. The Labute approximate surface area is 176 Å². The van der Waals surface area contributed by atoms with Crippen LogP contribution in [0.2, 0.25) is 36.3 Å². The molecule has 0 fully saturated rings. The molecule has 1 atom stereocenters. The van der Waals surface area contributed by atoms with E-state index in [2.05, 4.69) is 92.0 Å². The van der Waals surface area contributed by atoms with E-state index in [4.69, 9.17) is 13.6 Å². The standard InChI is InChI=1S/C23H44O3Si2/c1-22(2,3)27(7,8)25-17-16-21(19-26-28(9,10)23(4,5)6)24-18-20-14-12-11-13-15-20/h11-15,21H,16-19H2,1-10H3/t21-/m1/s1. The predicted molar refractivity (Wildman–Crippen MR) is 126 cm³/mol. The van der Waals surface area contributed by atoms with Crippen LogP contribution in [-0.4, -0.2) is 36.0 Å². The Morgan fingerprint density at radius 2 is 1.29 bits per heavy atom. The summed E-state index contributed by atoms with van der Waals surface area (Å²) in [7, 11) is -3.53. The molecule has 3 nitrogen and oxygen atoms in total. The lowest BCUT2D eigenvalue weighted by atomic mass is 10.2. The highest BCUT2D eigenvalue weighted by Gasteiger charge is 2.38. The van der Waals surface area contributed by atoms with Gasteiger partial charge in [0.1, 0.15) is 0 Å². The Morgan fingerprint density at radius 1 is 0.786 bits per heavy atom. The number of hydrogen-bond acceptors (Lipinski definition) is 3. The summed E-state index contributed by atoms with van der Waals surface area (Å²) in [5, 5.41) is 0.430. The van der Waals surface area contributed by atoms with Gasteiger partial charge in [0, 0.05) is 6.61 Å². The van der Waals surface area contributed by atoms with Crippen LogP contribution in [0.1, 0.15) is 53.5 Å². The van der Waals surface area contributed by atoms with Gasteiger partial charge in [0.15, 0.2) is 16.6 Å². The van der Waals surface area contributed by atoms with Crippen LogP contribution in [0.3, 0.4) is 0 Å². The van der Waals surface area contributed by atoms with Gasteiger partial charge in [-0.05, 0) is 48.2 Å². The largest absolute Gasteiger partial charge is 0.417 e. The Kier molecular flexibility index (Phi) is 9.16. The molecule has 0 bridgehead atoms. The summed E-state index contributed by atoms with van der Waals surface area (Å²) < 4.78 is 19.1. The quantitative estimate of drug-likeness (QED) is 0.378. The molecule has 5 heteroatoms. The summed E-state index contributed by atoms with van der Waals surface area (Å²) >= 11 is 0. The fourth-order valence-corrected chi connectivity index (χ4v) is 4.28. The van der Waals surface area contributed by atoms with Crippen molar-refractivity contribution in [3.63, 3.8) is 0 Å². The molecule has 0 saturated carbocycles. The molecule has 0 unspecified atom stereocenters. The molecule has 162 valence electrons. The first-order valence-electron chi connectivity index (χ1n) is 10.6. The van der Waals surface area contributed by atoms with Crippen LogP contribution < -0.4 is 0 Å². The molecular formula is C23H44O3Si2. The van der Waals surface area contributed by atoms with E-state index in [9.17, 15) is 0 Å². The average Bonchev–Trinajstić information content (AvgIpc) is 2.55. The molecule has 0 aliphatic carbocycles. The maximum Gasteiger partial charge on any atom is 0.192 e. The lowest BCUT2D eigenvalue weighted by Crippen LogP contribution is -2.44. The SMILES string of the molecule is CC(C)(C)[Si](C)(C)OCC[C@H](CO[Si](C)(C)C(C)(C)C)OCc1ccccc1. The van der Waals surface area contributed by atoms with Crippen LogP contribution in [0.15, 0.2) is 30.3 Å². The van der Waals surface area contributed by atoms with Crippen molar-refractivity contribution in [1.29, 1.82) is 0 Å². The summed E-state index contributed by atoms with van der Waals surface area (Å²) in [6, 6.07) is 10.4. The second-order valence-corrected chi connectivity index (χ2v) is 20.5. The first-order valence-corrected chi connectivity index (χ1v) is 16.4. The second-order valence-electron chi connectivity index (χ2n) is 10.9. The Hall–Kier alpha value is -0.466. The number of ether oxygens (including phenoxy) is 1. The van der Waals surface area contributed by atoms with E-state index in [0.29, 0.717) is 13.2 Å². The zero-order chi connectivity index (χ0) is 21.6. The summed E-state index contributed by atoms with van der Waals surface area (Å²) in [6.45, 7) is 24.9. The molecule has 0 spiro atoms. The number of hydrogen-bond donors (Lipinski definition) is 0. The highest BCUT2D eigenvalue weighted by molar-refractivity contribution is 6.74. The first kappa shape index (κ1) is 25.6. The van der Waals surface area contributed by atoms with Crippen molar-refractivity contribution in [2.45, 2.75) is 96.9 Å². The maximum absolute atomic E-state index is 6.46. The molecule has 0 amide bonds. The monoisotopic (exact) mass is 424 g/mol. The fourth-order valence-electron chi connectivity index (χ4n) is 2.18. The molecule has 0 aliphatic heterocycles. The minimum absolute atomic E-state index is 0.0547. The van der Waals surface area contributed by atoms with Gasteiger partial charge in [-0.3, -0.25) is 0 Å². The van der Waals surface area contributed by atoms with Gasteiger partial charge in [-0.2, -0.15) is 0 Å². The molecule has 0 radical (unpaired) electrons. The van der Waals surface area contributed by atoms with Gasteiger partial charge in [-0.15, -0.1) is 0 Å². The third-order valence-electron chi connectivity index (χ3n) is 6.47. The average molecular weight is 425 g/mol. The lowest BCUT2D eigenvalue weighted by molar-refractivity contribution is -0.00631. The van der Waals surface area contributed by atoms with Gasteiger partial charge in [-0.1, -0.05) is 71.9 Å². The van der Waals surface area contributed by atoms with E-state index in [-0.39, 0.29) is 16.2 Å². The van der Waals surface area contributed by atoms with Crippen molar-refractivity contribution in [3.8, 4) is 0 Å². The normalized spacial score (nSPS) is 14.9. The second kappa shape index (κ2) is 10.0. The van der Waals surface area contributed by atoms with Gasteiger partial charge < -0.3 is 13.6 Å². The summed E-state index contributed by atoms with van der Waals surface area (Å²) in [5.74, 6) is 0. The first-order chi connectivity index (χ1) is 12.7. The van der Waals surface area contributed by atoms with E-state index < -0.39 is 16.6 Å². The van der Waals surface area contributed by atoms with Crippen molar-refractivity contribution in [1.82, 2.24) is 0 Å². The van der Waals surface area contributed by atoms with Crippen molar-refractivity contribution >= 4 is 16.6 Å². The van der Waals surface area contributed by atoms with E-state index in [1.165, 1.54) is 5.56 Å². The van der Waals surface area contributed by atoms with Crippen LogP contribution in [0.25, 0.3) is 0 Å². The van der Waals surface area contributed by atoms with Gasteiger partial charge in [0.05, 0.1) is 19.3 Å². The third kappa shape index (κ3) is 8.11. The minimum atomic E-state index is -1.79. The zero-order valence-electron chi connectivity index (χ0n) is 20.0. The van der Waals surface area contributed by atoms with Crippen LogP contribution in [0.4, 0.5) is 0 Å². The topological polar surface area (TPSA) is 27.7 Å². The molecule has 1 rings (SSSR count). The van der Waals surface area contributed by atoms with Gasteiger partial charge in [0.2, 0.25) is 0 Å². The fraction of sp³-hybridized carbons (Fsp3) is 0.739. The van der Waals surface area contributed by atoms with Gasteiger partial charge in [-0.25, -0.2) is 0 Å². The lowest BCUT2D eigenvalue weighted by Gasteiger charge is -2.38. The molecule has 28 heavy (non-hydrogen) atoms. The van der Waals surface area contributed by atoms with Crippen LogP contribution >= 0.6 is 0 Å². The molecular weight excluding hydrogens is 380 g/mol.